The molecule has 0 heterocycles. The molecule has 4 heteroatoms. The molecule has 3 nitrogen and oxygen atoms in total. The molecule has 0 saturated carbocycles. The van der Waals surface area contributed by atoms with E-state index in [2.05, 4.69) is 4.74 Å². The lowest BCUT2D eigenvalue weighted by Crippen LogP contribution is -2.29. The second-order valence-corrected chi connectivity index (χ2v) is 2.15. The van der Waals surface area contributed by atoms with Crippen LogP contribution >= 0.6 is 0 Å². The lowest BCUT2D eigenvalue weighted by Gasteiger charge is -2.12. The highest BCUT2D eigenvalue weighted by molar-refractivity contribution is 5.23. The van der Waals surface area contributed by atoms with Gasteiger partial charge in [-0.2, -0.15) is 0 Å². The van der Waals surface area contributed by atoms with Gasteiger partial charge in [0.2, 0.25) is 0 Å². The second-order valence-electron chi connectivity index (χ2n) is 2.15. The van der Waals surface area contributed by atoms with Gasteiger partial charge in [-0.05, 0) is 12.1 Å². The number of halogens is 1. The normalized spacial score (nSPS) is 12.6. The van der Waals surface area contributed by atoms with E-state index in [0.717, 1.165) is 0 Å². The molecule has 1 atom stereocenters. The number of hydrogen-bond acceptors (Lipinski definition) is 3. The second kappa shape index (κ2) is 4.04. The Labute approximate surface area is 69.9 Å². The van der Waals surface area contributed by atoms with Gasteiger partial charge in [-0.25, -0.2) is 4.39 Å². The van der Waals surface area contributed by atoms with Gasteiger partial charge in [0.15, 0.2) is 11.6 Å². The molecule has 0 saturated heterocycles. The van der Waals surface area contributed by atoms with Crippen molar-refractivity contribution in [1.82, 2.24) is 0 Å². The van der Waals surface area contributed by atoms with E-state index < -0.39 is 12.2 Å². The predicted octanol–water partition coefficient (Wildman–Crippen LogP) is 1.09. The minimum absolute atomic E-state index is 0.0897. The summed E-state index contributed by atoms with van der Waals surface area (Å²) in [5.74, 6) is -0.364. The largest absolute Gasteiger partial charge is 0.448 e. The van der Waals surface area contributed by atoms with Gasteiger partial charge in [-0.3, -0.25) is 5.73 Å². The highest BCUT2D eigenvalue weighted by Gasteiger charge is 2.05. The van der Waals surface area contributed by atoms with Gasteiger partial charge in [0.25, 0.3) is 6.41 Å². The van der Waals surface area contributed by atoms with E-state index in [9.17, 15) is 4.39 Å². The smallest absolute Gasteiger partial charge is 0.256 e. The van der Waals surface area contributed by atoms with Crippen LogP contribution in [0.25, 0.3) is 0 Å². The third-order valence-electron chi connectivity index (χ3n) is 1.31. The zero-order valence-corrected chi connectivity index (χ0v) is 6.66. The van der Waals surface area contributed by atoms with Crippen molar-refractivity contribution in [2.24, 2.45) is 5.73 Å². The molecular formula is C8H10FNO2. The third kappa shape index (κ3) is 2.18. The maximum Gasteiger partial charge on any atom is 0.256 e. The van der Waals surface area contributed by atoms with E-state index in [1.54, 1.807) is 12.1 Å². The van der Waals surface area contributed by atoms with E-state index in [1.165, 1.54) is 19.2 Å². The first-order valence-electron chi connectivity index (χ1n) is 3.43. The Morgan fingerprint density at radius 3 is 2.67 bits per heavy atom. The summed E-state index contributed by atoms with van der Waals surface area (Å²) in [6, 6.07) is 5.99. The zero-order valence-electron chi connectivity index (χ0n) is 6.66. The molecule has 0 spiro atoms. The molecule has 66 valence electrons. The number of nitrogens with two attached hydrogens (primary N) is 1. The van der Waals surface area contributed by atoms with Crippen LogP contribution in [0.5, 0.6) is 5.75 Å². The average Bonchev–Trinajstić information content (AvgIpc) is 2.09. The number of methoxy groups -OCH3 is 1. The monoisotopic (exact) mass is 171 g/mol. The van der Waals surface area contributed by atoms with Gasteiger partial charge >= 0.3 is 0 Å². The van der Waals surface area contributed by atoms with Crippen molar-refractivity contribution in [1.29, 1.82) is 0 Å². The molecule has 0 fully saturated rings. The summed E-state index contributed by atoms with van der Waals surface area (Å²) in [6.45, 7) is 0. The summed E-state index contributed by atoms with van der Waals surface area (Å²) in [5, 5.41) is 0. The minimum Gasteiger partial charge on any atom is -0.448 e. The topological polar surface area (TPSA) is 44.5 Å². The van der Waals surface area contributed by atoms with Crippen LogP contribution in [0.1, 0.15) is 0 Å². The molecule has 0 amide bonds. The Morgan fingerprint density at radius 2 is 2.08 bits per heavy atom. The number of ether oxygens (including phenoxy) is 2. The SMILES string of the molecule is COC(N)Oc1ccccc1F. The molecule has 0 bridgehead atoms. The molecule has 12 heavy (non-hydrogen) atoms. The van der Waals surface area contributed by atoms with Crippen LogP contribution in [0.3, 0.4) is 0 Å². The molecule has 0 aliphatic heterocycles. The van der Waals surface area contributed by atoms with Crippen molar-refractivity contribution >= 4 is 0 Å². The Hall–Kier alpha value is -1.13. The van der Waals surface area contributed by atoms with Gasteiger partial charge in [-0.1, -0.05) is 12.1 Å². The molecule has 1 aromatic carbocycles. The fraction of sp³-hybridized carbons (Fsp3) is 0.250. The molecule has 0 aliphatic rings. The summed E-state index contributed by atoms with van der Waals surface area (Å²) < 4.78 is 22.3. The van der Waals surface area contributed by atoms with Crippen molar-refractivity contribution < 1.29 is 13.9 Å². The molecular weight excluding hydrogens is 161 g/mol. The number of para-hydroxylation sites is 1. The maximum absolute atomic E-state index is 12.9. The fourth-order valence-electron chi connectivity index (χ4n) is 0.714. The predicted molar refractivity (Wildman–Crippen MR) is 42.0 cm³/mol. The Morgan fingerprint density at radius 1 is 1.42 bits per heavy atom. The first-order chi connectivity index (χ1) is 5.74. The van der Waals surface area contributed by atoms with Crippen LogP contribution < -0.4 is 10.5 Å². The highest BCUT2D eigenvalue weighted by atomic mass is 19.1. The van der Waals surface area contributed by atoms with Gasteiger partial charge < -0.3 is 9.47 Å². The molecule has 1 rings (SSSR count). The molecule has 1 unspecified atom stereocenters. The number of hydrogen-bond donors (Lipinski definition) is 1. The van der Waals surface area contributed by atoms with E-state index >= 15 is 0 Å². The van der Waals surface area contributed by atoms with Crippen molar-refractivity contribution in [3.63, 3.8) is 0 Å². The standard InChI is InChI=1S/C8H10FNO2/c1-11-8(10)12-7-5-3-2-4-6(7)9/h2-5,8H,10H2,1H3. The van der Waals surface area contributed by atoms with Crippen molar-refractivity contribution in [3.8, 4) is 5.75 Å². The molecule has 2 N–H and O–H groups in total. The summed E-state index contributed by atoms with van der Waals surface area (Å²) in [6.07, 6.45) is -0.929. The van der Waals surface area contributed by atoms with Crippen LogP contribution in [0.4, 0.5) is 4.39 Å². The van der Waals surface area contributed by atoms with Crippen LogP contribution in [0.15, 0.2) is 24.3 Å². The van der Waals surface area contributed by atoms with Crippen LogP contribution in [0, 0.1) is 5.82 Å². The lowest BCUT2D eigenvalue weighted by atomic mass is 10.3. The van der Waals surface area contributed by atoms with E-state index in [4.69, 9.17) is 10.5 Å². The average molecular weight is 171 g/mol. The van der Waals surface area contributed by atoms with Crippen LogP contribution in [-0.4, -0.2) is 13.5 Å². The lowest BCUT2D eigenvalue weighted by molar-refractivity contribution is -0.0498. The maximum atomic E-state index is 12.9. The molecule has 0 aromatic heterocycles. The molecule has 0 radical (unpaired) electrons. The molecule has 1 aromatic rings. The quantitative estimate of drug-likeness (QED) is 0.692. The summed E-state index contributed by atoms with van der Waals surface area (Å²) >= 11 is 0. The summed E-state index contributed by atoms with van der Waals surface area (Å²) in [7, 11) is 1.38. The molecule has 0 aliphatic carbocycles. The summed E-state index contributed by atoms with van der Waals surface area (Å²) in [4.78, 5) is 0. The van der Waals surface area contributed by atoms with Crippen molar-refractivity contribution in [2.45, 2.75) is 6.41 Å². The fourth-order valence-corrected chi connectivity index (χ4v) is 0.714. The Bertz CT molecular complexity index is 255. The van der Waals surface area contributed by atoms with Crippen molar-refractivity contribution in [3.05, 3.63) is 30.1 Å². The van der Waals surface area contributed by atoms with Gasteiger partial charge in [0.1, 0.15) is 0 Å². The van der Waals surface area contributed by atoms with Gasteiger partial charge in [-0.15, -0.1) is 0 Å². The van der Waals surface area contributed by atoms with Crippen molar-refractivity contribution in [2.75, 3.05) is 7.11 Å². The first-order valence-corrected chi connectivity index (χ1v) is 3.43. The van der Waals surface area contributed by atoms with Crippen LogP contribution in [-0.2, 0) is 4.74 Å². The Kier molecular flexibility index (Phi) is 3.01. The van der Waals surface area contributed by atoms with Crippen LogP contribution in [0.2, 0.25) is 0 Å². The summed E-state index contributed by atoms with van der Waals surface area (Å²) in [5.41, 5.74) is 5.26. The Balaban J connectivity index is 2.69. The van der Waals surface area contributed by atoms with E-state index in [1.807, 2.05) is 0 Å². The zero-order chi connectivity index (χ0) is 8.97. The third-order valence-corrected chi connectivity index (χ3v) is 1.31. The van der Waals surface area contributed by atoms with Gasteiger partial charge in [0, 0.05) is 7.11 Å². The number of benzene rings is 1. The van der Waals surface area contributed by atoms with E-state index in [0.29, 0.717) is 0 Å². The van der Waals surface area contributed by atoms with E-state index in [-0.39, 0.29) is 5.75 Å². The number of rotatable bonds is 3. The highest BCUT2D eigenvalue weighted by Crippen LogP contribution is 2.15. The first kappa shape index (κ1) is 8.96. The minimum atomic E-state index is -0.929. The van der Waals surface area contributed by atoms with Gasteiger partial charge in [0.05, 0.1) is 0 Å².